The van der Waals surface area contributed by atoms with E-state index in [0.717, 1.165) is 58.8 Å². The van der Waals surface area contributed by atoms with Crippen molar-refractivity contribution in [3.05, 3.63) is 53.3 Å². The van der Waals surface area contributed by atoms with Crippen molar-refractivity contribution in [3.8, 4) is 17.3 Å². The van der Waals surface area contributed by atoms with E-state index in [1.54, 1.807) is 12.1 Å². The summed E-state index contributed by atoms with van der Waals surface area (Å²) in [6.45, 7) is 3.59. The highest BCUT2D eigenvalue weighted by molar-refractivity contribution is 7.14. The molecule has 0 amide bonds. The molecule has 1 aromatic carbocycles. The molecule has 0 bridgehead atoms. The Kier molecular flexibility index (Phi) is 5.23. The van der Waals surface area contributed by atoms with Crippen LogP contribution in [0.4, 0.5) is 21.2 Å². The third kappa shape index (κ3) is 3.56. The summed E-state index contributed by atoms with van der Waals surface area (Å²) in [6.07, 6.45) is 1.62. The zero-order valence-electron chi connectivity index (χ0n) is 17.9. The van der Waals surface area contributed by atoms with Crippen molar-refractivity contribution in [2.75, 3.05) is 29.9 Å². The molecule has 1 fully saturated rings. The summed E-state index contributed by atoms with van der Waals surface area (Å²) < 4.78 is 15.1. The van der Waals surface area contributed by atoms with Crippen molar-refractivity contribution in [1.82, 2.24) is 19.6 Å². The first-order valence-electron chi connectivity index (χ1n) is 10.6. The van der Waals surface area contributed by atoms with Gasteiger partial charge in [0.1, 0.15) is 11.6 Å². The second-order valence-corrected chi connectivity index (χ2v) is 8.68. The Morgan fingerprint density at radius 2 is 2.03 bits per heavy atom. The minimum absolute atomic E-state index is 0.0452. The maximum absolute atomic E-state index is 13.3. The van der Waals surface area contributed by atoms with Crippen molar-refractivity contribution in [2.45, 2.75) is 19.8 Å². The fourth-order valence-electron chi connectivity index (χ4n) is 4.04. The number of hydrogen-bond acceptors (Lipinski definition) is 7. The highest BCUT2D eigenvalue weighted by Crippen LogP contribution is 2.34. The minimum Gasteiger partial charge on any atom is -0.354 e. The molecular formula is C23H22FN7S. The molecule has 162 valence electrons. The standard InChI is InChI=1S/C23H22FN7S/c1-3-18-22(29(2)23-27-19(14-32-23)16-4-6-17(24)7-5-16)31-20(26-18)8-9-21(28-31)30-11-10-15(12-25)13-30/h4-9,14-15H,3,10-11,13H2,1-2H3. The number of imidazole rings is 1. The number of nitrogens with zero attached hydrogens (tertiary/aromatic N) is 7. The van der Waals surface area contributed by atoms with E-state index < -0.39 is 0 Å². The van der Waals surface area contributed by atoms with Crippen LogP contribution in [-0.4, -0.2) is 39.7 Å². The molecule has 32 heavy (non-hydrogen) atoms. The topological polar surface area (TPSA) is 73.3 Å². The molecule has 0 saturated carbocycles. The maximum Gasteiger partial charge on any atom is 0.191 e. The van der Waals surface area contributed by atoms with Crippen molar-refractivity contribution in [3.63, 3.8) is 0 Å². The molecule has 1 aliphatic heterocycles. The lowest BCUT2D eigenvalue weighted by molar-refractivity contribution is 0.628. The number of anilines is 3. The highest BCUT2D eigenvalue weighted by atomic mass is 32.1. The third-order valence-corrected chi connectivity index (χ3v) is 6.69. The molecule has 4 aromatic rings. The lowest BCUT2D eigenvalue weighted by Gasteiger charge is -2.19. The Morgan fingerprint density at radius 3 is 2.75 bits per heavy atom. The number of aromatic nitrogens is 4. The quantitative estimate of drug-likeness (QED) is 0.443. The average Bonchev–Trinajstić information content (AvgIpc) is 3.56. The van der Waals surface area contributed by atoms with Crippen LogP contribution in [0.15, 0.2) is 41.8 Å². The molecule has 1 atom stereocenters. The van der Waals surface area contributed by atoms with Crippen LogP contribution in [0, 0.1) is 23.1 Å². The highest BCUT2D eigenvalue weighted by Gasteiger charge is 2.25. The van der Waals surface area contributed by atoms with E-state index in [2.05, 4.69) is 17.9 Å². The Hall–Kier alpha value is -3.51. The zero-order valence-corrected chi connectivity index (χ0v) is 18.7. The number of benzene rings is 1. The summed E-state index contributed by atoms with van der Waals surface area (Å²) in [6, 6.07) is 12.7. The smallest absolute Gasteiger partial charge is 0.191 e. The van der Waals surface area contributed by atoms with Gasteiger partial charge in [-0.2, -0.15) is 9.78 Å². The fourth-order valence-corrected chi connectivity index (χ4v) is 4.84. The summed E-state index contributed by atoms with van der Waals surface area (Å²) in [4.78, 5) is 13.7. The summed E-state index contributed by atoms with van der Waals surface area (Å²) >= 11 is 1.52. The maximum atomic E-state index is 13.3. The van der Waals surface area contributed by atoms with Gasteiger partial charge in [-0.05, 0) is 49.2 Å². The molecule has 1 aliphatic rings. The molecule has 0 spiro atoms. The number of aryl methyl sites for hydroxylation is 1. The Balaban J connectivity index is 1.52. The van der Waals surface area contributed by atoms with E-state index in [0.29, 0.717) is 6.54 Å². The van der Waals surface area contributed by atoms with E-state index in [1.807, 2.05) is 34.0 Å². The number of fused-ring (bicyclic) bond motifs is 1. The third-order valence-electron chi connectivity index (χ3n) is 5.78. The molecule has 0 N–H and O–H groups in total. The van der Waals surface area contributed by atoms with E-state index in [4.69, 9.17) is 15.1 Å². The minimum atomic E-state index is -0.263. The van der Waals surface area contributed by atoms with E-state index in [9.17, 15) is 9.65 Å². The Bertz CT molecular complexity index is 1300. The van der Waals surface area contributed by atoms with Crippen LogP contribution in [0.25, 0.3) is 16.9 Å². The van der Waals surface area contributed by atoms with Crippen molar-refractivity contribution >= 4 is 33.8 Å². The van der Waals surface area contributed by atoms with Crippen LogP contribution in [0.5, 0.6) is 0 Å². The number of nitriles is 1. The number of hydrogen-bond donors (Lipinski definition) is 0. The monoisotopic (exact) mass is 447 g/mol. The van der Waals surface area contributed by atoms with Crippen LogP contribution in [-0.2, 0) is 6.42 Å². The fraction of sp³-hybridized carbons (Fsp3) is 0.304. The van der Waals surface area contributed by atoms with Gasteiger partial charge in [0.25, 0.3) is 0 Å². The molecule has 7 nitrogen and oxygen atoms in total. The lowest BCUT2D eigenvalue weighted by atomic mass is 10.1. The van der Waals surface area contributed by atoms with Crippen LogP contribution in [0.2, 0.25) is 0 Å². The summed E-state index contributed by atoms with van der Waals surface area (Å²) in [5.74, 6) is 1.50. The predicted molar refractivity (Wildman–Crippen MR) is 124 cm³/mol. The first-order valence-corrected chi connectivity index (χ1v) is 11.4. The van der Waals surface area contributed by atoms with Gasteiger partial charge in [-0.1, -0.05) is 6.92 Å². The SMILES string of the molecule is CCc1nc2ccc(N3CCC(C#N)C3)nn2c1N(C)c1nc(-c2ccc(F)cc2)cs1. The van der Waals surface area contributed by atoms with Crippen LogP contribution in [0.1, 0.15) is 19.0 Å². The second-order valence-electron chi connectivity index (χ2n) is 7.84. The van der Waals surface area contributed by atoms with Crippen LogP contribution >= 0.6 is 11.3 Å². The van der Waals surface area contributed by atoms with Crippen molar-refractivity contribution < 1.29 is 4.39 Å². The van der Waals surface area contributed by atoms with Gasteiger partial charge in [-0.3, -0.25) is 0 Å². The zero-order chi connectivity index (χ0) is 22.2. The lowest BCUT2D eigenvalue weighted by Crippen LogP contribution is -2.22. The van der Waals surface area contributed by atoms with Gasteiger partial charge >= 0.3 is 0 Å². The van der Waals surface area contributed by atoms with Gasteiger partial charge < -0.3 is 9.80 Å². The van der Waals surface area contributed by atoms with E-state index in [-0.39, 0.29) is 11.7 Å². The Labute approximate surface area is 189 Å². The first kappa shape index (κ1) is 20.4. The normalized spacial score (nSPS) is 15.9. The summed E-state index contributed by atoms with van der Waals surface area (Å²) in [7, 11) is 1.96. The average molecular weight is 448 g/mol. The molecule has 1 saturated heterocycles. The molecule has 4 heterocycles. The molecule has 1 unspecified atom stereocenters. The number of thiazole rings is 1. The molecular weight excluding hydrogens is 425 g/mol. The number of halogens is 1. The van der Waals surface area contributed by atoms with Crippen molar-refractivity contribution in [2.24, 2.45) is 5.92 Å². The predicted octanol–water partition coefficient (Wildman–Crippen LogP) is 4.67. The summed E-state index contributed by atoms with van der Waals surface area (Å²) in [5, 5.41) is 16.9. The Morgan fingerprint density at radius 1 is 1.22 bits per heavy atom. The van der Waals surface area contributed by atoms with Gasteiger partial charge in [-0.15, -0.1) is 16.4 Å². The van der Waals surface area contributed by atoms with E-state index in [1.165, 1.54) is 23.5 Å². The molecule has 0 radical (unpaired) electrons. The molecule has 5 rings (SSSR count). The van der Waals surface area contributed by atoms with Crippen LogP contribution in [0.3, 0.4) is 0 Å². The number of rotatable bonds is 5. The molecule has 3 aromatic heterocycles. The van der Waals surface area contributed by atoms with Gasteiger partial charge in [0.2, 0.25) is 0 Å². The van der Waals surface area contributed by atoms with Gasteiger partial charge in [0, 0.05) is 31.1 Å². The van der Waals surface area contributed by atoms with Gasteiger partial charge in [0.05, 0.1) is 23.4 Å². The first-order chi connectivity index (χ1) is 15.6. The largest absolute Gasteiger partial charge is 0.354 e. The van der Waals surface area contributed by atoms with Crippen molar-refractivity contribution in [1.29, 1.82) is 5.26 Å². The summed E-state index contributed by atoms with van der Waals surface area (Å²) in [5.41, 5.74) is 3.39. The van der Waals surface area contributed by atoms with Gasteiger partial charge in [-0.25, -0.2) is 14.4 Å². The van der Waals surface area contributed by atoms with E-state index >= 15 is 0 Å². The van der Waals surface area contributed by atoms with Gasteiger partial charge in [0.15, 0.2) is 16.6 Å². The second kappa shape index (κ2) is 8.20. The van der Waals surface area contributed by atoms with Crippen LogP contribution < -0.4 is 9.80 Å². The molecule has 0 aliphatic carbocycles. The molecule has 9 heteroatoms.